The van der Waals surface area contributed by atoms with Crippen molar-refractivity contribution in [3.63, 3.8) is 0 Å². The zero-order valence-corrected chi connectivity index (χ0v) is 29.8. The van der Waals surface area contributed by atoms with Crippen molar-refractivity contribution in [3.8, 4) is 0 Å². The van der Waals surface area contributed by atoms with Crippen molar-refractivity contribution in [2.45, 2.75) is 19.4 Å². The summed E-state index contributed by atoms with van der Waals surface area (Å²) in [5.41, 5.74) is 19.8. The van der Waals surface area contributed by atoms with Crippen LogP contribution in [0.5, 0.6) is 0 Å². The Bertz CT molecular complexity index is 2600. The molecule has 9 rings (SSSR count). The molecule has 8 heterocycles. The fourth-order valence-corrected chi connectivity index (χ4v) is 6.97. The summed E-state index contributed by atoms with van der Waals surface area (Å²) in [6, 6.07) is 18.9. The van der Waals surface area contributed by atoms with E-state index in [0.29, 0.717) is 12.1 Å². The quantitative estimate of drug-likeness (QED) is 0.203. The number of rotatable bonds is 7. The largest absolute Gasteiger partial charge is 0.325 e. The first-order valence-electron chi connectivity index (χ1n) is 18.0. The van der Waals surface area contributed by atoms with Crippen LogP contribution in [-0.4, -0.2) is 49.7 Å². The Morgan fingerprint density at radius 2 is 0.800 bits per heavy atom. The molecule has 3 aromatic heterocycles. The van der Waals surface area contributed by atoms with Gasteiger partial charge in [0.05, 0.1) is 51.7 Å². The van der Waals surface area contributed by atoms with Crippen LogP contribution in [0.25, 0.3) is 22.3 Å². The second-order valence-electron chi connectivity index (χ2n) is 13.2. The molecular weight excluding hydrogens is 683 g/mol. The lowest BCUT2D eigenvalue weighted by molar-refractivity contribution is -0.117. The molecule has 0 radical (unpaired) electrons. The number of carbonyl (C=O) groups excluding carboxylic acids is 1. The average molecular weight is 716 g/mol. The van der Waals surface area contributed by atoms with Crippen LogP contribution in [0.1, 0.15) is 35.6 Å². The summed E-state index contributed by atoms with van der Waals surface area (Å²) in [7, 11) is 0. The van der Waals surface area contributed by atoms with Gasteiger partial charge in [-0.05, 0) is 126 Å². The number of nitrogens with one attached hydrogen (secondary N) is 1. The predicted octanol–water partition coefficient (Wildman–Crippen LogP) is 7.55. The van der Waals surface area contributed by atoms with Gasteiger partial charge in [-0.1, -0.05) is 19.1 Å². The Morgan fingerprint density at radius 3 is 1.11 bits per heavy atom. The number of aromatic nitrogens is 3. The lowest BCUT2D eigenvalue weighted by atomic mass is 9.98. The molecule has 8 bridgehead atoms. The van der Waals surface area contributed by atoms with Crippen molar-refractivity contribution in [1.82, 2.24) is 15.0 Å². The van der Waals surface area contributed by atoms with Gasteiger partial charge in [0.15, 0.2) is 0 Å². The number of benzene rings is 1. The third-order valence-electron chi connectivity index (χ3n) is 9.73. The van der Waals surface area contributed by atoms with Crippen LogP contribution in [0.3, 0.4) is 0 Å². The normalized spacial score (nSPS) is 17.6. The van der Waals surface area contributed by atoms with E-state index < -0.39 is 6.04 Å². The topological polar surface area (TPSA) is 143 Å². The minimum atomic E-state index is -0.584. The van der Waals surface area contributed by atoms with Crippen molar-refractivity contribution in [2.75, 3.05) is 5.32 Å². The fourth-order valence-electron chi connectivity index (χ4n) is 6.97. The monoisotopic (exact) mass is 715 g/mol. The highest BCUT2D eigenvalue weighted by Gasteiger charge is 2.27. The molecule has 3 N–H and O–H groups in total. The Morgan fingerprint density at radius 1 is 0.491 bits per heavy atom. The summed E-state index contributed by atoms with van der Waals surface area (Å²) in [5.74, 6) is -0.227. The first-order valence-corrected chi connectivity index (χ1v) is 18.0. The highest BCUT2D eigenvalue weighted by atomic mass is 16.2. The van der Waals surface area contributed by atoms with Gasteiger partial charge in [-0.3, -0.25) is 19.7 Å². The first kappa shape index (κ1) is 33.5. The number of hydrogen-bond donors (Lipinski definition) is 2. The van der Waals surface area contributed by atoms with Gasteiger partial charge < -0.3 is 11.1 Å². The van der Waals surface area contributed by atoms with Crippen molar-refractivity contribution in [3.05, 3.63) is 191 Å². The third kappa shape index (κ3) is 6.40. The highest BCUT2D eigenvalue weighted by Crippen LogP contribution is 2.38. The molecule has 0 saturated heterocycles. The maximum atomic E-state index is 12.6. The van der Waals surface area contributed by atoms with Gasteiger partial charge >= 0.3 is 0 Å². The van der Waals surface area contributed by atoms with Crippen LogP contribution in [0.15, 0.2) is 189 Å². The van der Waals surface area contributed by atoms with Crippen LogP contribution >= 0.6 is 0 Å². The van der Waals surface area contributed by atoms with E-state index in [0.717, 1.165) is 90.2 Å². The van der Waals surface area contributed by atoms with Gasteiger partial charge in [-0.25, -0.2) is 20.0 Å². The van der Waals surface area contributed by atoms with Crippen molar-refractivity contribution < 1.29 is 4.79 Å². The summed E-state index contributed by atoms with van der Waals surface area (Å²) in [6.07, 6.45) is 27.4. The number of carbonyl (C=O) groups is 1. The number of allylic oxidation sites excluding steroid dienone is 12. The maximum Gasteiger partial charge on any atom is 0.241 e. The van der Waals surface area contributed by atoms with E-state index in [2.05, 4.69) is 20.3 Å². The van der Waals surface area contributed by atoms with E-state index in [4.69, 9.17) is 25.7 Å². The van der Waals surface area contributed by atoms with Gasteiger partial charge in [0.2, 0.25) is 5.91 Å². The second kappa shape index (κ2) is 14.3. The molecule has 0 aliphatic carbocycles. The minimum absolute atomic E-state index is 0.227. The molecule has 55 heavy (non-hydrogen) atoms. The zero-order chi connectivity index (χ0) is 37.3. The number of aliphatic imine (C=N–C) groups is 4. The minimum Gasteiger partial charge on any atom is -0.325 e. The molecule has 1 atom stereocenters. The summed E-state index contributed by atoms with van der Waals surface area (Å²) >= 11 is 0. The molecule has 1 aromatic carbocycles. The molecule has 4 aromatic rings. The number of hydrogen-bond acceptors (Lipinski definition) is 9. The Labute approximate surface area is 317 Å². The standard InChI is InChI=1S/C45H33N9O/c1-2-32(46)45(55)50-31-5-3-27(4-6-31)41-33-7-9-35(51-33)42(28-15-21-47-22-16-28)37-11-13-39(53-37)44(30-19-25-49-26-20-30)40-14-12-38(54-40)43(29-17-23-48-24-18-29)36-10-8-34(41)52-36/h3-26,32H,2,46H2,1H3,(H,50,55). The molecule has 0 saturated carbocycles. The number of nitrogens with two attached hydrogens (primary N) is 1. The predicted molar refractivity (Wildman–Crippen MR) is 220 cm³/mol. The molecule has 1 amide bonds. The highest BCUT2D eigenvalue weighted by molar-refractivity contribution is 6.39. The lowest BCUT2D eigenvalue weighted by Crippen LogP contribution is -2.34. The van der Waals surface area contributed by atoms with Crippen molar-refractivity contribution in [2.24, 2.45) is 25.7 Å². The third-order valence-corrected chi connectivity index (χ3v) is 9.73. The summed E-state index contributed by atoms with van der Waals surface area (Å²) in [5, 5.41) is 2.93. The van der Waals surface area contributed by atoms with Crippen LogP contribution in [0.2, 0.25) is 0 Å². The van der Waals surface area contributed by atoms with Gasteiger partial charge in [0.25, 0.3) is 0 Å². The molecule has 0 fully saturated rings. The van der Waals surface area contributed by atoms with E-state index >= 15 is 0 Å². The zero-order valence-electron chi connectivity index (χ0n) is 29.8. The molecule has 1 unspecified atom stereocenters. The Kier molecular flexibility index (Phi) is 8.69. The average Bonchev–Trinajstić information content (AvgIpc) is 4.07. The summed E-state index contributed by atoms with van der Waals surface area (Å²) in [6.45, 7) is 1.88. The summed E-state index contributed by atoms with van der Waals surface area (Å²) in [4.78, 5) is 46.6. The molecule has 264 valence electrons. The van der Waals surface area contributed by atoms with Gasteiger partial charge in [-0.2, -0.15) is 0 Å². The van der Waals surface area contributed by atoms with E-state index in [1.807, 2.05) is 116 Å². The molecule has 0 spiro atoms. The van der Waals surface area contributed by atoms with E-state index in [1.54, 1.807) is 37.2 Å². The smallest absolute Gasteiger partial charge is 0.241 e. The van der Waals surface area contributed by atoms with E-state index in [9.17, 15) is 4.79 Å². The SMILES string of the molecule is CCC(N)C(=O)Nc1ccc(C2=C3C=CC(=N3)C(c3ccncc3)=C3C=CC(=N3)C(c3ccncc3)=C3C=CC(=N3)C(c3ccncc3)=C3C=CC2=N3)cc1. The van der Waals surface area contributed by atoms with Crippen molar-refractivity contribution in [1.29, 1.82) is 0 Å². The maximum absolute atomic E-state index is 12.6. The van der Waals surface area contributed by atoms with Crippen LogP contribution in [-0.2, 0) is 4.79 Å². The first-order chi connectivity index (χ1) is 27.0. The van der Waals surface area contributed by atoms with Crippen molar-refractivity contribution >= 4 is 56.7 Å². The van der Waals surface area contributed by atoms with Gasteiger partial charge in [-0.15, -0.1) is 0 Å². The van der Waals surface area contributed by atoms with Gasteiger partial charge in [0, 0.05) is 65.2 Å². The Balaban J connectivity index is 1.30. The second-order valence-corrected chi connectivity index (χ2v) is 13.2. The van der Waals surface area contributed by atoms with E-state index in [1.165, 1.54) is 0 Å². The van der Waals surface area contributed by atoms with Crippen LogP contribution in [0.4, 0.5) is 5.69 Å². The number of fused-ring (bicyclic) bond motifs is 4. The number of amides is 1. The lowest BCUT2D eigenvalue weighted by Gasteiger charge is -2.13. The van der Waals surface area contributed by atoms with Crippen LogP contribution in [0, 0.1) is 0 Å². The number of pyridine rings is 3. The van der Waals surface area contributed by atoms with Gasteiger partial charge in [0.1, 0.15) is 0 Å². The number of anilines is 1. The molecule has 5 aliphatic rings. The van der Waals surface area contributed by atoms with E-state index in [-0.39, 0.29) is 5.91 Å². The molecule has 10 nitrogen and oxygen atoms in total. The number of nitrogens with zero attached hydrogens (tertiary/aromatic N) is 7. The molecule has 5 aliphatic heterocycles. The fraction of sp³-hybridized carbons (Fsp3) is 0.0667. The Hall–Kier alpha value is -7.30. The molecule has 10 heteroatoms. The molecular formula is C45H33N9O. The summed E-state index contributed by atoms with van der Waals surface area (Å²) < 4.78 is 0. The van der Waals surface area contributed by atoms with Crippen LogP contribution < -0.4 is 11.1 Å².